The van der Waals surface area contributed by atoms with Crippen LogP contribution in [-0.2, 0) is 19.1 Å². The molecule has 0 aliphatic carbocycles. The average Bonchev–Trinajstić information content (AvgIpc) is 3.05. The van der Waals surface area contributed by atoms with Crippen LogP contribution in [0.25, 0.3) is 11.0 Å². The molecule has 2 aromatic rings. The van der Waals surface area contributed by atoms with Gasteiger partial charge >= 0.3 is 11.9 Å². The summed E-state index contributed by atoms with van der Waals surface area (Å²) >= 11 is 0. The first-order valence-electron chi connectivity index (χ1n) is 6.01. The van der Waals surface area contributed by atoms with Gasteiger partial charge in [-0.05, 0) is 24.3 Å². The van der Waals surface area contributed by atoms with Crippen molar-refractivity contribution in [3.8, 4) is 0 Å². The number of fused-ring (bicyclic) bond motifs is 1. The van der Waals surface area contributed by atoms with Gasteiger partial charge in [0.1, 0.15) is 5.58 Å². The number of ether oxygens (including phenoxy) is 2. The summed E-state index contributed by atoms with van der Waals surface area (Å²) in [6.07, 6.45) is 1.46. The molecule has 0 bridgehead atoms. The quantitative estimate of drug-likeness (QED) is 0.795. The lowest BCUT2D eigenvalue weighted by molar-refractivity contribution is -0.145. The maximum Gasteiger partial charge on any atom is 0.338 e. The Kier molecular flexibility index (Phi) is 2.98. The number of benzene rings is 1. The second-order valence-electron chi connectivity index (χ2n) is 4.32. The van der Waals surface area contributed by atoms with Crippen molar-refractivity contribution in [2.24, 2.45) is 4.99 Å². The fourth-order valence-electron chi connectivity index (χ4n) is 1.99. The van der Waals surface area contributed by atoms with E-state index >= 15 is 0 Å². The van der Waals surface area contributed by atoms with E-state index in [0.717, 1.165) is 11.0 Å². The van der Waals surface area contributed by atoms with E-state index in [1.165, 1.54) is 7.11 Å². The summed E-state index contributed by atoms with van der Waals surface area (Å²) in [6.45, 7) is 0. The van der Waals surface area contributed by atoms with Gasteiger partial charge in [-0.25, -0.2) is 9.79 Å². The summed E-state index contributed by atoms with van der Waals surface area (Å²) in [5.41, 5.74) is 1.41. The molecule has 1 atom stereocenters. The molecule has 1 aliphatic heterocycles. The minimum Gasteiger partial charge on any atom is -0.469 e. The molecule has 1 aromatic carbocycles. The number of nitrogens with zero attached hydrogens (tertiary/aromatic N) is 1. The monoisotopic (exact) mass is 273 g/mol. The summed E-state index contributed by atoms with van der Waals surface area (Å²) in [5.74, 6) is -0.827. The van der Waals surface area contributed by atoms with E-state index in [2.05, 4.69) is 9.73 Å². The SMILES string of the molecule is COC(=O)CC1N=C(c2ccc3occc3c2)OC1=O. The van der Waals surface area contributed by atoms with Gasteiger partial charge in [-0.1, -0.05) is 0 Å². The zero-order valence-electron chi connectivity index (χ0n) is 10.7. The number of carbonyl (C=O) groups excluding carboxylic acids is 2. The number of hydrogen-bond donors (Lipinski definition) is 0. The zero-order valence-corrected chi connectivity index (χ0v) is 10.7. The molecule has 0 fully saturated rings. The largest absolute Gasteiger partial charge is 0.469 e. The molecule has 0 amide bonds. The third kappa shape index (κ3) is 2.16. The Balaban J connectivity index is 1.88. The molecule has 0 saturated carbocycles. The van der Waals surface area contributed by atoms with Crippen LogP contribution >= 0.6 is 0 Å². The minimum absolute atomic E-state index is 0.118. The molecule has 0 N–H and O–H groups in total. The van der Waals surface area contributed by atoms with Crippen molar-refractivity contribution in [1.82, 2.24) is 0 Å². The predicted octanol–water partition coefficient (Wildman–Crippen LogP) is 1.67. The minimum atomic E-state index is -0.836. The van der Waals surface area contributed by atoms with E-state index in [9.17, 15) is 9.59 Å². The molecular formula is C14H11NO5. The van der Waals surface area contributed by atoms with Crippen molar-refractivity contribution in [3.05, 3.63) is 36.1 Å². The van der Waals surface area contributed by atoms with Crippen molar-refractivity contribution >= 4 is 28.8 Å². The lowest BCUT2D eigenvalue weighted by Gasteiger charge is -2.00. The summed E-state index contributed by atoms with van der Waals surface area (Å²) in [7, 11) is 1.26. The first kappa shape index (κ1) is 12.4. The molecule has 3 rings (SSSR count). The third-order valence-electron chi connectivity index (χ3n) is 3.03. The highest BCUT2D eigenvalue weighted by Crippen LogP contribution is 2.21. The molecule has 6 heteroatoms. The molecule has 6 nitrogen and oxygen atoms in total. The van der Waals surface area contributed by atoms with Gasteiger partial charge in [0.05, 0.1) is 19.8 Å². The third-order valence-corrected chi connectivity index (χ3v) is 3.03. The van der Waals surface area contributed by atoms with Crippen LogP contribution in [0.3, 0.4) is 0 Å². The van der Waals surface area contributed by atoms with Crippen LogP contribution in [0.1, 0.15) is 12.0 Å². The normalized spacial score (nSPS) is 17.9. The Morgan fingerprint density at radius 3 is 3.05 bits per heavy atom. The second kappa shape index (κ2) is 4.80. The van der Waals surface area contributed by atoms with E-state index in [1.807, 2.05) is 12.1 Å². The Hall–Kier alpha value is -2.63. The Bertz CT molecular complexity index is 715. The highest BCUT2D eigenvalue weighted by atomic mass is 16.6. The molecule has 1 aliphatic rings. The molecule has 1 aromatic heterocycles. The van der Waals surface area contributed by atoms with Gasteiger partial charge in [0.25, 0.3) is 0 Å². The van der Waals surface area contributed by atoms with Crippen LogP contribution in [0.15, 0.2) is 39.9 Å². The molecular weight excluding hydrogens is 262 g/mol. The first-order valence-corrected chi connectivity index (χ1v) is 6.01. The number of esters is 2. The van der Waals surface area contributed by atoms with Gasteiger partial charge in [0.2, 0.25) is 5.90 Å². The topological polar surface area (TPSA) is 78.1 Å². The Morgan fingerprint density at radius 2 is 2.25 bits per heavy atom. The smallest absolute Gasteiger partial charge is 0.338 e. The summed E-state index contributed by atoms with van der Waals surface area (Å²) in [4.78, 5) is 27.0. The lowest BCUT2D eigenvalue weighted by Crippen LogP contribution is -2.19. The van der Waals surface area contributed by atoms with E-state index in [1.54, 1.807) is 18.4 Å². The molecule has 0 radical (unpaired) electrons. The first-order chi connectivity index (χ1) is 9.67. The molecule has 2 heterocycles. The number of furan rings is 1. The van der Waals surface area contributed by atoms with Crippen LogP contribution in [0.2, 0.25) is 0 Å². The maximum atomic E-state index is 11.7. The lowest BCUT2D eigenvalue weighted by atomic mass is 10.1. The summed E-state index contributed by atoms with van der Waals surface area (Å²) < 4.78 is 14.9. The van der Waals surface area contributed by atoms with Crippen molar-refractivity contribution in [2.45, 2.75) is 12.5 Å². The van der Waals surface area contributed by atoms with E-state index in [0.29, 0.717) is 5.56 Å². The molecule has 1 unspecified atom stereocenters. The molecule has 20 heavy (non-hydrogen) atoms. The van der Waals surface area contributed by atoms with E-state index in [-0.39, 0.29) is 12.3 Å². The Labute approximate surface area is 114 Å². The number of carbonyl (C=O) groups is 2. The van der Waals surface area contributed by atoms with Crippen molar-refractivity contribution in [2.75, 3.05) is 7.11 Å². The van der Waals surface area contributed by atoms with E-state index < -0.39 is 18.0 Å². The fraction of sp³-hybridized carbons (Fsp3) is 0.214. The fourth-order valence-corrected chi connectivity index (χ4v) is 1.99. The van der Waals surface area contributed by atoms with Crippen LogP contribution in [0, 0.1) is 0 Å². The van der Waals surface area contributed by atoms with Crippen molar-refractivity contribution in [3.63, 3.8) is 0 Å². The predicted molar refractivity (Wildman–Crippen MR) is 69.3 cm³/mol. The summed E-state index contributed by atoms with van der Waals surface area (Å²) in [6, 6.07) is 6.30. The maximum absolute atomic E-state index is 11.7. The average molecular weight is 273 g/mol. The number of cyclic esters (lactones) is 1. The van der Waals surface area contributed by atoms with Gasteiger partial charge in [-0.2, -0.15) is 0 Å². The zero-order chi connectivity index (χ0) is 14.1. The standard InChI is InChI=1S/C14H11NO5/c1-18-12(16)7-10-14(17)20-13(15-10)9-2-3-11-8(6-9)4-5-19-11/h2-6,10H,7H2,1H3. The molecule has 102 valence electrons. The highest BCUT2D eigenvalue weighted by Gasteiger charge is 2.32. The van der Waals surface area contributed by atoms with Gasteiger partial charge in [-0.3, -0.25) is 4.79 Å². The summed E-state index contributed by atoms with van der Waals surface area (Å²) in [5, 5.41) is 0.887. The number of methoxy groups -OCH3 is 1. The van der Waals surface area contributed by atoms with Crippen LogP contribution in [0.5, 0.6) is 0 Å². The van der Waals surface area contributed by atoms with Gasteiger partial charge in [0, 0.05) is 10.9 Å². The van der Waals surface area contributed by atoms with Gasteiger partial charge in [0.15, 0.2) is 6.04 Å². The van der Waals surface area contributed by atoms with Gasteiger partial charge in [-0.15, -0.1) is 0 Å². The van der Waals surface area contributed by atoms with Crippen molar-refractivity contribution in [1.29, 1.82) is 0 Å². The van der Waals surface area contributed by atoms with Crippen LogP contribution in [0.4, 0.5) is 0 Å². The van der Waals surface area contributed by atoms with Crippen molar-refractivity contribution < 1.29 is 23.5 Å². The number of rotatable bonds is 3. The van der Waals surface area contributed by atoms with E-state index in [4.69, 9.17) is 9.15 Å². The molecule has 0 spiro atoms. The number of aliphatic imine (C=N–C) groups is 1. The Morgan fingerprint density at radius 1 is 1.40 bits per heavy atom. The molecule has 0 saturated heterocycles. The van der Waals surface area contributed by atoms with Crippen LogP contribution in [-0.4, -0.2) is 31.0 Å². The van der Waals surface area contributed by atoms with Crippen LogP contribution < -0.4 is 0 Å². The van der Waals surface area contributed by atoms with Gasteiger partial charge < -0.3 is 13.9 Å². The highest BCUT2D eigenvalue weighted by molar-refractivity contribution is 6.08. The number of hydrogen-bond acceptors (Lipinski definition) is 6. The second-order valence-corrected chi connectivity index (χ2v) is 4.32.